The fourth-order valence-electron chi connectivity index (χ4n) is 4.85. The molecule has 0 bridgehead atoms. The number of likely N-dealkylation sites (tertiary alicyclic amines) is 1. The zero-order valence-electron chi connectivity index (χ0n) is 21.2. The first-order valence-corrected chi connectivity index (χ1v) is 12.2. The van der Waals surface area contributed by atoms with Crippen LogP contribution in [0, 0.1) is 0 Å². The fourth-order valence-corrected chi connectivity index (χ4v) is 4.85. The zero-order valence-corrected chi connectivity index (χ0v) is 21.2. The summed E-state index contributed by atoms with van der Waals surface area (Å²) in [6.45, 7) is 6.73. The molecular weight excluding hydrogens is 456 g/mol. The maximum absolute atomic E-state index is 13.4. The molecule has 3 aromatic carbocycles. The number of aliphatic hydroxyl groups is 1. The van der Waals surface area contributed by atoms with Crippen molar-refractivity contribution in [3.05, 3.63) is 77.4 Å². The second kappa shape index (κ2) is 10.8. The third kappa shape index (κ3) is 4.54. The van der Waals surface area contributed by atoms with E-state index in [1.54, 1.807) is 36.3 Å². The molecule has 36 heavy (non-hydrogen) atoms. The molecule has 1 N–H and O–H groups in total. The van der Waals surface area contributed by atoms with E-state index in [2.05, 4.69) is 18.7 Å². The van der Waals surface area contributed by atoms with Gasteiger partial charge in [-0.15, -0.1) is 0 Å². The first-order chi connectivity index (χ1) is 17.4. The van der Waals surface area contributed by atoms with Crippen LogP contribution in [0.3, 0.4) is 0 Å². The maximum atomic E-state index is 13.4. The van der Waals surface area contributed by atoms with Crippen molar-refractivity contribution in [2.45, 2.75) is 19.9 Å². The van der Waals surface area contributed by atoms with E-state index in [4.69, 9.17) is 9.47 Å². The Hall–Kier alpha value is -3.84. The molecule has 1 saturated heterocycles. The highest BCUT2D eigenvalue weighted by Crippen LogP contribution is 2.42. The molecule has 4 rings (SSSR count). The van der Waals surface area contributed by atoms with Gasteiger partial charge in [-0.3, -0.25) is 9.59 Å². The van der Waals surface area contributed by atoms with Gasteiger partial charge in [0.15, 0.2) is 11.5 Å². The molecule has 0 saturated carbocycles. The van der Waals surface area contributed by atoms with Crippen LogP contribution in [0.15, 0.2) is 66.2 Å². The second-order valence-electron chi connectivity index (χ2n) is 8.66. The zero-order chi connectivity index (χ0) is 25.8. The van der Waals surface area contributed by atoms with Crippen molar-refractivity contribution in [1.29, 1.82) is 0 Å². The molecule has 0 aromatic heterocycles. The minimum atomic E-state index is -0.765. The van der Waals surface area contributed by atoms with Gasteiger partial charge >= 0.3 is 0 Å². The Morgan fingerprint density at radius 1 is 0.944 bits per heavy atom. The molecule has 188 valence electrons. The van der Waals surface area contributed by atoms with Crippen LogP contribution in [0.5, 0.6) is 11.5 Å². The van der Waals surface area contributed by atoms with Crippen LogP contribution in [0.2, 0.25) is 0 Å². The molecule has 0 spiro atoms. The highest BCUT2D eigenvalue weighted by Gasteiger charge is 2.46. The number of likely N-dealkylation sites (N-methyl/N-ethyl adjacent to an activating group) is 1. The highest BCUT2D eigenvalue weighted by atomic mass is 16.5. The van der Waals surface area contributed by atoms with Gasteiger partial charge in [-0.2, -0.15) is 0 Å². The van der Waals surface area contributed by atoms with Gasteiger partial charge in [0.1, 0.15) is 5.76 Å². The standard InChI is InChI=1S/C29H32N2O5/c1-5-30(6-2)16-17-31-26(20-14-15-23(35-3)24(18-20)36-4)25(28(33)29(31)34)27(32)22-13-9-11-19-10-7-8-12-21(19)22/h7-15,18,26,32H,5-6,16-17H2,1-4H3/b27-25+. The highest BCUT2D eigenvalue weighted by molar-refractivity contribution is 6.46. The number of rotatable bonds is 9. The van der Waals surface area contributed by atoms with Crippen molar-refractivity contribution in [2.75, 3.05) is 40.4 Å². The molecule has 7 nitrogen and oxygen atoms in total. The minimum Gasteiger partial charge on any atom is -0.507 e. The average Bonchev–Trinajstić information content (AvgIpc) is 3.17. The Morgan fingerprint density at radius 2 is 1.64 bits per heavy atom. The number of amides is 1. The molecule has 7 heteroatoms. The number of hydrogen-bond donors (Lipinski definition) is 1. The Bertz CT molecular complexity index is 1310. The first-order valence-electron chi connectivity index (χ1n) is 12.2. The lowest BCUT2D eigenvalue weighted by Crippen LogP contribution is -2.38. The van der Waals surface area contributed by atoms with Crippen molar-refractivity contribution < 1.29 is 24.2 Å². The number of methoxy groups -OCH3 is 2. The van der Waals surface area contributed by atoms with Crippen LogP contribution < -0.4 is 9.47 Å². The summed E-state index contributed by atoms with van der Waals surface area (Å²) in [5, 5.41) is 13.3. The average molecular weight is 489 g/mol. The molecule has 1 heterocycles. The number of ether oxygens (including phenoxy) is 2. The van der Waals surface area contributed by atoms with E-state index in [-0.39, 0.29) is 11.3 Å². The van der Waals surface area contributed by atoms with Crippen molar-refractivity contribution in [3.63, 3.8) is 0 Å². The number of benzene rings is 3. The Kier molecular flexibility index (Phi) is 7.60. The largest absolute Gasteiger partial charge is 0.507 e. The van der Waals surface area contributed by atoms with Crippen LogP contribution in [-0.4, -0.2) is 67.0 Å². The Labute approximate surface area is 211 Å². The Balaban J connectivity index is 1.90. The number of carbonyl (C=O) groups excluding carboxylic acids is 2. The summed E-state index contributed by atoms with van der Waals surface area (Å²) in [5.74, 6) is -0.483. The molecule has 0 radical (unpaired) electrons. The molecule has 1 aliphatic rings. The molecule has 1 amide bonds. The van der Waals surface area contributed by atoms with Gasteiger partial charge in [0.2, 0.25) is 0 Å². The molecule has 0 aliphatic carbocycles. The van der Waals surface area contributed by atoms with Gasteiger partial charge in [0, 0.05) is 18.7 Å². The summed E-state index contributed by atoms with van der Waals surface area (Å²) in [4.78, 5) is 30.5. The van der Waals surface area contributed by atoms with Gasteiger partial charge in [0.25, 0.3) is 11.7 Å². The third-order valence-electron chi connectivity index (χ3n) is 6.86. The molecule has 1 aliphatic heterocycles. The van der Waals surface area contributed by atoms with Gasteiger partial charge in [-0.05, 0) is 41.6 Å². The van der Waals surface area contributed by atoms with Gasteiger partial charge in [-0.25, -0.2) is 0 Å². The third-order valence-corrected chi connectivity index (χ3v) is 6.86. The molecule has 1 fully saturated rings. The van der Waals surface area contributed by atoms with E-state index < -0.39 is 17.7 Å². The number of nitrogens with zero attached hydrogens (tertiary/aromatic N) is 2. The van der Waals surface area contributed by atoms with Crippen molar-refractivity contribution in [1.82, 2.24) is 9.80 Å². The predicted octanol–water partition coefficient (Wildman–Crippen LogP) is 4.62. The molecule has 1 atom stereocenters. The van der Waals surface area contributed by atoms with Crippen LogP contribution in [0.25, 0.3) is 16.5 Å². The van der Waals surface area contributed by atoms with E-state index >= 15 is 0 Å². The maximum Gasteiger partial charge on any atom is 0.295 e. The summed E-state index contributed by atoms with van der Waals surface area (Å²) in [7, 11) is 3.09. The van der Waals surface area contributed by atoms with Crippen LogP contribution >= 0.6 is 0 Å². The SMILES string of the molecule is CCN(CC)CCN1C(=O)C(=O)/C(=C(/O)c2cccc3ccccc23)C1c1ccc(OC)c(OC)c1. The normalized spacial score (nSPS) is 17.2. The van der Waals surface area contributed by atoms with Crippen LogP contribution in [-0.2, 0) is 9.59 Å². The molecule has 1 unspecified atom stereocenters. The summed E-state index contributed by atoms with van der Waals surface area (Å²) in [6.07, 6.45) is 0. The summed E-state index contributed by atoms with van der Waals surface area (Å²) in [5.41, 5.74) is 1.25. The van der Waals surface area contributed by atoms with E-state index in [0.717, 1.165) is 23.9 Å². The molecular formula is C29H32N2O5. The number of hydrogen-bond acceptors (Lipinski definition) is 6. The first kappa shape index (κ1) is 25.3. The topological polar surface area (TPSA) is 79.3 Å². The van der Waals surface area contributed by atoms with Gasteiger partial charge in [-0.1, -0.05) is 62.4 Å². The number of ketones is 1. The van der Waals surface area contributed by atoms with Gasteiger partial charge < -0.3 is 24.4 Å². The smallest absolute Gasteiger partial charge is 0.295 e. The van der Waals surface area contributed by atoms with Crippen molar-refractivity contribution in [2.24, 2.45) is 0 Å². The number of Topliss-reactive ketones (excluding diaryl/α,β-unsaturated/α-hetero) is 1. The van der Waals surface area contributed by atoms with E-state index in [9.17, 15) is 14.7 Å². The quantitative estimate of drug-likeness (QED) is 0.269. The van der Waals surface area contributed by atoms with Crippen molar-refractivity contribution >= 4 is 28.2 Å². The Morgan fingerprint density at radius 3 is 2.33 bits per heavy atom. The predicted molar refractivity (Wildman–Crippen MR) is 140 cm³/mol. The minimum absolute atomic E-state index is 0.0723. The van der Waals surface area contributed by atoms with Crippen molar-refractivity contribution in [3.8, 4) is 11.5 Å². The fraction of sp³-hybridized carbons (Fsp3) is 0.310. The van der Waals surface area contributed by atoms with E-state index in [0.29, 0.717) is 35.7 Å². The van der Waals surface area contributed by atoms with Crippen LogP contribution in [0.1, 0.15) is 31.0 Å². The summed E-state index contributed by atoms with van der Waals surface area (Å²) < 4.78 is 10.9. The molecule has 3 aromatic rings. The number of carbonyl (C=O) groups is 2. The second-order valence-corrected chi connectivity index (χ2v) is 8.66. The van der Waals surface area contributed by atoms with Gasteiger partial charge in [0.05, 0.1) is 25.8 Å². The lowest BCUT2D eigenvalue weighted by atomic mass is 9.93. The number of aliphatic hydroxyl groups excluding tert-OH is 1. The number of fused-ring (bicyclic) bond motifs is 1. The summed E-state index contributed by atoms with van der Waals surface area (Å²) in [6, 6.07) is 17.7. The monoisotopic (exact) mass is 488 g/mol. The van der Waals surface area contributed by atoms with Crippen LogP contribution in [0.4, 0.5) is 0 Å². The lowest BCUT2D eigenvalue weighted by Gasteiger charge is -2.28. The lowest BCUT2D eigenvalue weighted by molar-refractivity contribution is -0.140. The van der Waals surface area contributed by atoms with E-state index in [1.165, 1.54) is 7.11 Å². The van der Waals surface area contributed by atoms with E-state index in [1.807, 2.05) is 36.4 Å². The summed E-state index contributed by atoms with van der Waals surface area (Å²) >= 11 is 0.